The zero-order valence-corrected chi connectivity index (χ0v) is 14.1. The van der Waals surface area contributed by atoms with E-state index in [0.717, 1.165) is 5.69 Å². The lowest BCUT2D eigenvalue weighted by atomic mass is 10.4. The molecule has 0 bridgehead atoms. The molecule has 2 heterocycles. The maximum atomic E-state index is 12.2. The number of rotatable bonds is 5. The van der Waals surface area contributed by atoms with E-state index in [1.165, 1.54) is 29.6 Å². The molecule has 1 saturated carbocycles. The van der Waals surface area contributed by atoms with E-state index in [2.05, 4.69) is 31.3 Å². The SMILES string of the molecule is COc1c(Br)c(C(=O)NCc2csc(C3CC3)n2)nn1C. The average molecular weight is 371 g/mol. The molecule has 112 valence electrons. The number of nitrogens with zero attached hydrogens (tertiary/aromatic N) is 3. The smallest absolute Gasteiger partial charge is 0.273 e. The molecule has 1 fully saturated rings. The Kier molecular flexibility index (Phi) is 3.99. The van der Waals surface area contributed by atoms with Crippen molar-refractivity contribution in [3.05, 3.63) is 26.2 Å². The predicted octanol–water partition coefficient (Wildman–Crippen LogP) is 2.46. The van der Waals surface area contributed by atoms with Crippen molar-refractivity contribution in [2.75, 3.05) is 7.11 Å². The number of ether oxygens (including phenoxy) is 1. The first kappa shape index (κ1) is 14.5. The fraction of sp³-hybridized carbons (Fsp3) is 0.462. The van der Waals surface area contributed by atoms with E-state index in [4.69, 9.17) is 4.74 Å². The number of halogens is 1. The van der Waals surface area contributed by atoms with Gasteiger partial charge in [0.15, 0.2) is 5.69 Å². The number of hydrogen-bond donors (Lipinski definition) is 1. The molecule has 3 rings (SSSR count). The van der Waals surface area contributed by atoms with E-state index in [-0.39, 0.29) is 5.91 Å². The van der Waals surface area contributed by atoms with Gasteiger partial charge in [-0.2, -0.15) is 5.10 Å². The summed E-state index contributed by atoms with van der Waals surface area (Å²) in [5.74, 6) is 0.917. The number of aromatic nitrogens is 3. The van der Waals surface area contributed by atoms with Gasteiger partial charge in [0.1, 0.15) is 4.47 Å². The first-order valence-corrected chi connectivity index (χ1v) is 8.26. The Morgan fingerprint density at radius 1 is 1.62 bits per heavy atom. The third kappa shape index (κ3) is 2.96. The molecule has 1 aliphatic rings. The van der Waals surface area contributed by atoms with Gasteiger partial charge < -0.3 is 10.1 Å². The van der Waals surface area contributed by atoms with Crippen molar-refractivity contribution in [1.29, 1.82) is 0 Å². The quantitative estimate of drug-likeness (QED) is 0.877. The van der Waals surface area contributed by atoms with Crippen molar-refractivity contribution < 1.29 is 9.53 Å². The van der Waals surface area contributed by atoms with Gasteiger partial charge in [0, 0.05) is 18.3 Å². The highest BCUT2D eigenvalue weighted by molar-refractivity contribution is 9.10. The number of nitrogens with one attached hydrogen (secondary N) is 1. The van der Waals surface area contributed by atoms with Gasteiger partial charge in [-0.1, -0.05) is 0 Å². The largest absolute Gasteiger partial charge is 0.480 e. The molecule has 0 saturated heterocycles. The molecule has 8 heteroatoms. The monoisotopic (exact) mass is 370 g/mol. The highest BCUT2D eigenvalue weighted by atomic mass is 79.9. The zero-order valence-electron chi connectivity index (χ0n) is 11.7. The van der Waals surface area contributed by atoms with Crippen LogP contribution in [0, 0.1) is 0 Å². The summed E-state index contributed by atoms with van der Waals surface area (Å²) in [6.45, 7) is 0.410. The predicted molar refractivity (Wildman–Crippen MR) is 82.7 cm³/mol. The summed E-state index contributed by atoms with van der Waals surface area (Å²) in [4.78, 5) is 16.7. The third-order valence-electron chi connectivity index (χ3n) is 3.27. The van der Waals surface area contributed by atoms with Crippen molar-refractivity contribution in [3.63, 3.8) is 0 Å². The molecule has 2 aromatic rings. The van der Waals surface area contributed by atoms with Crippen LogP contribution in [0.3, 0.4) is 0 Å². The Hall–Kier alpha value is -1.41. The second-order valence-corrected chi connectivity index (χ2v) is 6.61. The third-order valence-corrected chi connectivity index (χ3v) is 5.04. The summed E-state index contributed by atoms with van der Waals surface area (Å²) < 4.78 is 7.25. The first-order valence-electron chi connectivity index (χ1n) is 6.59. The van der Waals surface area contributed by atoms with Gasteiger partial charge in [-0.3, -0.25) is 4.79 Å². The maximum Gasteiger partial charge on any atom is 0.273 e. The Labute approximate surface area is 134 Å². The van der Waals surface area contributed by atoms with E-state index in [9.17, 15) is 4.79 Å². The second-order valence-electron chi connectivity index (χ2n) is 4.93. The Bertz CT molecular complexity index is 678. The molecule has 0 radical (unpaired) electrons. The lowest BCUT2D eigenvalue weighted by Crippen LogP contribution is -2.24. The summed E-state index contributed by atoms with van der Waals surface area (Å²) in [7, 11) is 3.26. The number of carbonyl (C=O) groups is 1. The van der Waals surface area contributed by atoms with Crippen LogP contribution in [0.15, 0.2) is 9.85 Å². The Balaban J connectivity index is 1.65. The lowest BCUT2D eigenvalue weighted by Gasteiger charge is -2.01. The van der Waals surface area contributed by atoms with E-state index in [1.807, 2.05) is 5.38 Å². The van der Waals surface area contributed by atoms with Crippen LogP contribution in [0.4, 0.5) is 0 Å². The van der Waals surface area contributed by atoms with Gasteiger partial charge in [-0.25, -0.2) is 9.67 Å². The van der Waals surface area contributed by atoms with Crippen LogP contribution >= 0.6 is 27.3 Å². The molecule has 0 spiro atoms. The molecule has 1 N–H and O–H groups in total. The van der Waals surface area contributed by atoms with Crippen LogP contribution in [-0.2, 0) is 13.6 Å². The van der Waals surface area contributed by atoms with Crippen molar-refractivity contribution in [3.8, 4) is 5.88 Å². The number of thiazole rings is 1. The topological polar surface area (TPSA) is 69.0 Å². The van der Waals surface area contributed by atoms with Crippen LogP contribution < -0.4 is 10.1 Å². The molecule has 0 aliphatic heterocycles. The van der Waals surface area contributed by atoms with Crippen molar-refractivity contribution in [2.45, 2.75) is 25.3 Å². The van der Waals surface area contributed by atoms with Gasteiger partial charge in [0.2, 0.25) is 5.88 Å². The van der Waals surface area contributed by atoms with E-state index in [1.54, 1.807) is 18.4 Å². The summed E-state index contributed by atoms with van der Waals surface area (Å²) >= 11 is 5.01. The van der Waals surface area contributed by atoms with Crippen LogP contribution in [0.1, 0.15) is 39.9 Å². The molecule has 2 aromatic heterocycles. The minimum Gasteiger partial charge on any atom is -0.480 e. The summed E-state index contributed by atoms with van der Waals surface area (Å²) in [5.41, 5.74) is 1.21. The molecule has 1 amide bonds. The number of methoxy groups -OCH3 is 1. The van der Waals surface area contributed by atoms with Gasteiger partial charge >= 0.3 is 0 Å². The minimum atomic E-state index is -0.248. The molecule has 1 aliphatic carbocycles. The normalized spacial score (nSPS) is 14.2. The van der Waals surface area contributed by atoms with Gasteiger partial charge in [-0.15, -0.1) is 11.3 Å². The van der Waals surface area contributed by atoms with Gasteiger partial charge in [-0.05, 0) is 28.8 Å². The van der Waals surface area contributed by atoms with E-state index >= 15 is 0 Å². The fourth-order valence-corrected chi connectivity index (χ4v) is 3.69. The van der Waals surface area contributed by atoms with Crippen LogP contribution in [0.5, 0.6) is 5.88 Å². The molecular weight excluding hydrogens is 356 g/mol. The number of aryl methyl sites for hydroxylation is 1. The lowest BCUT2D eigenvalue weighted by molar-refractivity contribution is 0.0944. The Morgan fingerprint density at radius 3 is 3.00 bits per heavy atom. The number of carbonyl (C=O) groups excluding carboxylic acids is 1. The molecule has 21 heavy (non-hydrogen) atoms. The maximum absolute atomic E-state index is 12.2. The second kappa shape index (κ2) is 5.76. The van der Waals surface area contributed by atoms with Crippen LogP contribution in [0.25, 0.3) is 0 Å². The number of hydrogen-bond acceptors (Lipinski definition) is 5. The van der Waals surface area contributed by atoms with Crippen molar-refractivity contribution in [2.24, 2.45) is 7.05 Å². The summed E-state index contributed by atoms with van der Waals surface area (Å²) in [6.07, 6.45) is 2.47. The van der Waals surface area contributed by atoms with Crippen molar-refractivity contribution in [1.82, 2.24) is 20.1 Å². The molecule has 6 nitrogen and oxygen atoms in total. The fourth-order valence-electron chi connectivity index (χ4n) is 2.03. The van der Waals surface area contributed by atoms with Gasteiger partial charge in [0.05, 0.1) is 24.4 Å². The molecular formula is C13H15BrN4O2S. The van der Waals surface area contributed by atoms with Crippen LogP contribution in [0.2, 0.25) is 0 Å². The molecule has 0 atom stereocenters. The summed E-state index contributed by atoms with van der Waals surface area (Å²) in [6, 6.07) is 0. The highest BCUT2D eigenvalue weighted by Gasteiger charge is 2.26. The molecule has 0 aromatic carbocycles. The standard InChI is InChI=1S/C13H15BrN4O2S/c1-18-13(20-2)9(14)10(17-18)11(19)15-5-8-6-21-12(16-8)7-3-4-7/h6-7H,3-5H2,1-2H3,(H,15,19). The molecule has 0 unspecified atom stereocenters. The average Bonchev–Trinajstić information content (AvgIpc) is 3.14. The Morgan fingerprint density at radius 2 is 2.38 bits per heavy atom. The number of amides is 1. The van der Waals surface area contributed by atoms with Gasteiger partial charge in [0.25, 0.3) is 5.91 Å². The highest BCUT2D eigenvalue weighted by Crippen LogP contribution is 2.41. The van der Waals surface area contributed by atoms with Crippen LogP contribution in [-0.4, -0.2) is 27.8 Å². The first-order chi connectivity index (χ1) is 10.1. The van der Waals surface area contributed by atoms with E-state index in [0.29, 0.717) is 28.5 Å². The zero-order chi connectivity index (χ0) is 15.0. The van der Waals surface area contributed by atoms with Crippen molar-refractivity contribution >= 4 is 33.2 Å². The van der Waals surface area contributed by atoms with E-state index < -0.39 is 0 Å². The minimum absolute atomic E-state index is 0.248. The summed E-state index contributed by atoms with van der Waals surface area (Å²) in [5, 5.41) is 10.2.